The maximum Gasteiger partial charge on any atom is 0.318 e. The van der Waals surface area contributed by atoms with Gasteiger partial charge < -0.3 is 15.0 Å². The van der Waals surface area contributed by atoms with Crippen LogP contribution < -0.4 is 5.32 Å². The van der Waals surface area contributed by atoms with Crippen molar-refractivity contribution in [1.29, 1.82) is 0 Å². The molecule has 4 rings (SSSR count). The van der Waals surface area contributed by atoms with E-state index in [4.69, 9.17) is 4.74 Å². The molecule has 0 saturated carbocycles. The molecule has 1 saturated heterocycles. The smallest absolute Gasteiger partial charge is 0.318 e. The lowest BCUT2D eigenvalue weighted by molar-refractivity contribution is 0.0115. The number of hydrogen-bond acceptors (Lipinski definition) is 4. The van der Waals surface area contributed by atoms with Crippen molar-refractivity contribution in [3.05, 3.63) is 51.5 Å². The first-order chi connectivity index (χ1) is 11.7. The maximum absolute atomic E-state index is 12.7. The Labute approximate surface area is 145 Å². The molecule has 2 aliphatic rings. The zero-order chi connectivity index (χ0) is 16.5. The van der Waals surface area contributed by atoms with E-state index in [0.717, 1.165) is 17.1 Å². The number of benzene rings is 1. The highest BCUT2D eigenvalue weighted by Crippen LogP contribution is 2.34. The Hall–Kier alpha value is -1.92. The number of amides is 2. The summed E-state index contributed by atoms with van der Waals surface area (Å²) in [6.45, 7) is 4.38. The van der Waals surface area contributed by atoms with Gasteiger partial charge in [-0.1, -0.05) is 24.3 Å². The average Bonchev–Trinajstić information content (AvgIpc) is 3.02. The van der Waals surface area contributed by atoms with Gasteiger partial charge in [0.1, 0.15) is 11.0 Å². The maximum atomic E-state index is 12.7. The monoisotopic (exact) mass is 343 g/mol. The SMILES string of the molecule is Cc1csc([C@H]2COCCN2C(=O)NC[C@H]2Cc3ccccc32)n1. The number of aryl methyl sites for hydroxylation is 1. The summed E-state index contributed by atoms with van der Waals surface area (Å²) in [4.78, 5) is 19.1. The van der Waals surface area contributed by atoms with Crippen LogP contribution in [0.5, 0.6) is 0 Å². The summed E-state index contributed by atoms with van der Waals surface area (Å²) in [5.41, 5.74) is 3.76. The number of rotatable bonds is 3. The molecule has 0 spiro atoms. The van der Waals surface area contributed by atoms with Gasteiger partial charge in [0.15, 0.2) is 0 Å². The van der Waals surface area contributed by atoms with E-state index in [2.05, 4.69) is 34.6 Å². The molecular formula is C18H21N3O2S. The number of fused-ring (bicyclic) bond motifs is 1. The molecular weight excluding hydrogens is 322 g/mol. The summed E-state index contributed by atoms with van der Waals surface area (Å²) in [7, 11) is 0. The molecule has 2 aromatic rings. The lowest BCUT2D eigenvalue weighted by Gasteiger charge is -2.36. The van der Waals surface area contributed by atoms with E-state index in [1.165, 1.54) is 11.1 Å². The molecule has 1 aromatic heterocycles. The summed E-state index contributed by atoms with van der Waals surface area (Å²) in [6, 6.07) is 8.37. The summed E-state index contributed by atoms with van der Waals surface area (Å²) in [5.74, 6) is 0.437. The highest BCUT2D eigenvalue weighted by Gasteiger charge is 2.32. The van der Waals surface area contributed by atoms with Gasteiger partial charge in [-0.15, -0.1) is 11.3 Å². The van der Waals surface area contributed by atoms with Gasteiger partial charge in [-0.3, -0.25) is 0 Å². The molecule has 2 amide bonds. The first-order valence-electron chi connectivity index (χ1n) is 8.34. The number of thiazole rings is 1. The van der Waals surface area contributed by atoms with E-state index in [9.17, 15) is 4.79 Å². The van der Waals surface area contributed by atoms with Crippen LogP contribution in [0.25, 0.3) is 0 Å². The largest absolute Gasteiger partial charge is 0.377 e. The van der Waals surface area contributed by atoms with Gasteiger partial charge in [0, 0.05) is 30.1 Å². The minimum atomic E-state index is -0.0777. The predicted octanol–water partition coefficient (Wildman–Crippen LogP) is 2.87. The van der Waals surface area contributed by atoms with Gasteiger partial charge >= 0.3 is 6.03 Å². The molecule has 126 valence electrons. The van der Waals surface area contributed by atoms with E-state index >= 15 is 0 Å². The van der Waals surface area contributed by atoms with Crippen molar-refractivity contribution in [2.45, 2.75) is 25.3 Å². The third-order valence-corrected chi connectivity index (χ3v) is 5.84. The van der Waals surface area contributed by atoms with Gasteiger partial charge in [-0.2, -0.15) is 0 Å². The second kappa shape index (κ2) is 6.53. The molecule has 2 atom stereocenters. The number of carbonyl (C=O) groups is 1. The van der Waals surface area contributed by atoms with Crippen LogP contribution in [0.1, 0.15) is 33.8 Å². The van der Waals surface area contributed by atoms with E-state index in [1.807, 2.05) is 17.2 Å². The van der Waals surface area contributed by atoms with Crippen molar-refractivity contribution >= 4 is 17.4 Å². The quantitative estimate of drug-likeness (QED) is 0.932. The first-order valence-corrected chi connectivity index (χ1v) is 9.22. The van der Waals surface area contributed by atoms with Gasteiger partial charge in [-0.05, 0) is 24.5 Å². The van der Waals surface area contributed by atoms with Crippen LogP contribution in [-0.4, -0.2) is 42.2 Å². The molecule has 24 heavy (non-hydrogen) atoms. The van der Waals surface area contributed by atoms with Crippen molar-refractivity contribution in [1.82, 2.24) is 15.2 Å². The number of carbonyl (C=O) groups excluding carboxylic acids is 1. The zero-order valence-corrected chi connectivity index (χ0v) is 14.5. The Balaban J connectivity index is 1.39. The molecule has 2 heterocycles. The van der Waals surface area contributed by atoms with Crippen LogP contribution in [0, 0.1) is 6.92 Å². The van der Waals surface area contributed by atoms with E-state index < -0.39 is 0 Å². The second-order valence-corrected chi connectivity index (χ2v) is 7.29. The van der Waals surface area contributed by atoms with Gasteiger partial charge in [0.05, 0.1) is 13.2 Å². The fraction of sp³-hybridized carbons (Fsp3) is 0.444. The van der Waals surface area contributed by atoms with Crippen LogP contribution in [-0.2, 0) is 11.2 Å². The minimum absolute atomic E-state index is 0.0134. The minimum Gasteiger partial charge on any atom is -0.377 e. The second-order valence-electron chi connectivity index (χ2n) is 6.40. The Bertz CT molecular complexity index is 745. The Morgan fingerprint density at radius 2 is 2.33 bits per heavy atom. The number of nitrogens with one attached hydrogen (secondary N) is 1. The highest BCUT2D eigenvalue weighted by atomic mass is 32.1. The molecule has 1 aromatic carbocycles. The highest BCUT2D eigenvalue weighted by molar-refractivity contribution is 7.09. The zero-order valence-electron chi connectivity index (χ0n) is 13.7. The van der Waals surface area contributed by atoms with Crippen LogP contribution in [0.3, 0.4) is 0 Å². The molecule has 0 bridgehead atoms. The Morgan fingerprint density at radius 3 is 3.12 bits per heavy atom. The number of urea groups is 1. The summed E-state index contributed by atoms with van der Waals surface area (Å²) in [5, 5.41) is 6.08. The Morgan fingerprint density at radius 1 is 1.46 bits per heavy atom. The van der Waals surface area contributed by atoms with Crippen LogP contribution >= 0.6 is 11.3 Å². The van der Waals surface area contributed by atoms with Crippen LogP contribution in [0.4, 0.5) is 4.79 Å². The number of morpholine rings is 1. The third kappa shape index (κ3) is 2.91. The molecule has 1 aliphatic heterocycles. The summed E-state index contributed by atoms with van der Waals surface area (Å²) in [6.07, 6.45) is 1.05. The lowest BCUT2D eigenvalue weighted by Crippen LogP contribution is -2.49. The van der Waals surface area contributed by atoms with Crippen molar-refractivity contribution in [3.8, 4) is 0 Å². The standard InChI is InChI=1S/C18H21N3O2S/c1-12-11-24-17(20-12)16-10-23-7-6-21(16)18(22)19-9-14-8-13-4-2-3-5-15(13)14/h2-5,11,14,16H,6-10H2,1H3,(H,19,22)/t14-,16-/m1/s1. The molecule has 6 heteroatoms. The number of ether oxygens (including phenoxy) is 1. The molecule has 5 nitrogen and oxygen atoms in total. The van der Waals surface area contributed by atoms with Crippen LogP contribution in [0.15, 0.2) is 29.6 Å². The lowest BCUT2D eigenvalue weighted by atomic mass is 9.78. The Kier molecular flexibility index (Phi) is 4.24. The molecule has 1 aliphatic carbocycles. The van der Waals surface area contributed by atoms with Gasteiger partial charge in [-0.25, -0.2) is 9.78 Å². The average molecular weight is 343 g/mol. The van der Waals surface area contributed by atoms with Crippen molar-refractivity contribution in [2.24, 2.45) is 0 Å². The van der Waals surface area contributed by atoms with Crippen molar-refractivity contribution in [2.75, 3.05) is 26.3 Å². The fourth-order valence-electron chi connectivity index (χ4n) is 3.43. The summed E-state index contributed by atoms with van der Waals surface area (Å²) >= 11 is 1.60. The van der Waals surface area contributed by atoms with Gasteiger partial charge in [0.2, 0.25) is 0 Å². The van der Waals surface area contributed by atoms with E-state index in [0.29, 0.717) is 32.2 Å². The third-order valence-electron chi connectivity index (χ3n) is 4.77. The number of nitrogens with zero attached hydrogens (tertiary/aromatic N) is 2. The van der Waals surface area contributed by atoms with Gasteiger partial charge in [0.25, 0.3) is 0 Å². The topological polar surface area (TPSA) is 54.5 Å². The first kappa shape index (κ1) is 15.6. The molecule has 0 radical (unpaired) electrons. The molecule has 1 fully saturated rings. The van der Waals surface area contributed by atoms with Crippen molar-refractivity contribution in [3.63, 3.8) is 0 Å². The molecule has 1 N–H and O–H groups in total. The predicted molar refractivity (Wildman–Crippen MR) is 93.4 cm³/mol. The fourth-order valence-corrected chi connectivity index (χ4v) is 4.33. The summed E-state index contributed by atoms with van der Waals surface area (Å²) < 4.78 is 5.58. The number of aromatic nitrogens is 1. The van der Waals surface area contributed by atoms with E-state index in [1.54, 1.807) is 11.3 Å². The number of hydrogen-bond donors (Lipinski definition) is 1. The van der Waals surface area contributed by atoms with E-state index in [-0.39, 0.29) is 12.1 Å². The van der Waals surface area contributed by atoms with Crippen LogP contribution in [0.2, 0.25) is 0 Å². The molecule has 0 unspecified atom stereocenters. The van der Waals surface area contributed by atoms with Crippen molar-refractivity contribution < 1.29 is 9.53 Å². The normalized spacial score (nSPS) is 22.6.